The Morgan fingerprint density at radius 3 is 2.47 bits per heavy atom. The van der Waals surface area contributed by atoms with Crippen molar-refractivity contribution in [1.29, 1.82) is 0 Å². The van der Waals surface area contributed by atoms with Crippen LogP contribution in [0.4, 0.5) is 0 Å². The number of hydrogen-bond acceptors (Lipinski definition) is 2. The number of hydrogen-bond donors (Lipinski definition) is 1. The second-order valence-corrected chi connectivity index (χ2v) is 6.08. The highest BCUT2D eigenvalue weighted by molar-refractivity contribution is 5.98. The van der Waals surface area contributed by atoms with Crippen molar-refractivity contribution in [2.24, 2.45) is 5.92 Å². The van der Waals surface area contributed by atoms with Gasteiger partial charge in [0.1, 0.15) is 12.1 Å². The molecule has 17 heavy (non-hydrogen) atoms. The fourth-order valence-electron chi connectivity index (χ4n) is 2.50. The number of nitrogens with zero attached hydrogens (tertiary/aromatic N) is 1. The van der Waals surface area contributed by atoms with Gasteiger partial charge in [0.2, 0.25) is 11.8 Å². The summed E-state index contributed by atoms with van der Waals surface area (Å²) in [7, 11) is 0. The first-order chi connectivity index (χ1) is 7.81. The molecule has 2 fully saturated rings. The molecule has 1 N–H and O–H groups in total. The van der Waals surface area contributed by atoms with E-state index in [1.165, 1.54) is 0 Å². The minimum atomic E-state index is -0.665. The molecule has 0 bridgehead atoms. The molecule has 2 rings (SSSR count). The maximum Gasteiger partial charge on any atom is 0.249 e. The first-order valence-corrected chi connectivity index (χ1v) is 6.44. The van der Waals surface area contributed by atoms with E-state index < -0.39 is 5.54 Å². The monoisotopic (exact) mass is 238 g/mol. The van der Waals surface area contributed by atoms with Gasteiger partial charge in [-0.1, -0.05) is 6.92 Å². The molecular weight excluding hydrogens is 216 g/mol. The fourth-order valence-corrected chi connectivity index (χ4v) is 2.50. The summed E-state index contributed by atoms with van der Waals surface area (Å²) in [5.41, 5.74) is -0.910. The average molecular weight is 238 g/mol. The molecule has 1 aliphatic carbocycles. The van der Waals surface area contributed by atoms with Crippen molar-refractivity contribution < 1.29 is 9.59 Å². The lowest BCUT2D eigenvalue weighted by Crippen LogP contribution is -2.69. The van der Waals surface area contributed by atoms with Gasteiger partial charge in [0.05, 0.1) is 0 Å². The van der Waals surface area contributed by atoms with Gasteiger partial charge in [-0.25, -0.2) is 0 Å². The SMILES string of the molecule is CCC(C)(C)N1CC(=O)NC(C)(C2CC2)C1=O. The van der Waals surface area contributed by atoms with E-state index in [1.807, 2.05) is 27.7 Å². The first-order valence-electron chi connectivity index (χ1n) is 6.44. The van der Waals surface area contributed by atoms with Gasteiger partial charge < -0.3 is 10.2 Å². The van der Waals surface area contributed by atoms with Crippen LogP contribution in [0.2, 0.25) is 0 Å². The molecule has 4 heteroatoms. The summed E-state index contributed by atoms with van der Waals surface area (Å²) in [6.07, 6.45) is 2.94. The molecule has 0 aromatic rings. The van der Waals surface area contributed by atoms with E-state index in [4.69, 9.17) is 0 Å². The molecule has 1 heterocycles. The Kier molecular flexibility index (Phi) is 2.71. The summed E-state index contributed by atoms with van der Waals surface area (Å²) >= 11 is 0. The number of rotatable bonds is 3. The van der Waals surface area contributed by atoms with E-state index in [9.17, 15) is 9.59 Å². The second kappa shape index (κ2) is 3.72. The predicted molar refractivity (Wildman–Crippen MR) is 65.4 cm³/mol. The molecule has 0 spiro atoms. The van der Waals surface area contributed by atoms with E-state index >= 15 is 0 Å². The highest BCUT2D eigenvalue weighted by atomic mass is 16.2. The van der Waals surface area contributed by atoms with Gasteiger partial charge in [-0.05, 0) is 46.0 Å². The van der Waals surface area contributed by atoms with E-state index in [0.717, 1.165) is 19.3 Å². The first kappa shape index (κ1) is 12.4. The van der Waals surface area contributed by atoms with Crippen LogP contribution in [0, 0.1) is 5.92 Å². The molecule has 2 aliphatic rings. The number of carbonyl (C=O) groups excluding carboxylic acids is 2. The maximum absolute atomic E-state index is 12.6. The smallest absolute Gasteiger partial charge is 0.249 e. The van der Waals surface area contributed by atoms with Crippen LogP contribution in [0.15, 0.2) is 0 Å². The molecule has 2 amide bonds. The van der Waals surface area contributed by atoms with Gasteiger partial charge in [0, 0.05) is 5.54 Å². The van der Waals surface area contributed by atoms with Crippen LogP contribution in [-0.2, 0) is 9.59 Å². The zero-order chi connectivity index (χ0) is 12.8. The van der Waals surface area contributed by atoms with Crippen molar-refractivity contribution in [3.63, 3.8) is 0 Å². The summed E-state index contributed by atoms with van der Waals surface area (Å²) < 4.78 is 0. The van der Waals surface area contributed by atoms with Crippen LogP contribution in [0.1, 0.15) is 47.0 Å². The van der Waals surface area contributed by atoms with Crippen molar-refractivity contribution >= 4 is 11.8 Å². The number of amides is 2. The Balaban J connectivity index is 2.29. The summed E-state index contributed by atoms with van der Waals surface area (Å²) in [5, 5.41) is 2.90. The van der Waals surface area contributed by atoms with Gasteiger partial charge >= 0.3 is 0 Å². The molecular formula is C13H22N2O2. The normalized spacial score (nSPS) is 30.5. The quantitative estimate of drug-likeness (QED) is 0.805. The molecule has 1 atom stereocenters. The van der Waals surface area contributed by atoms with Crippen LogP contribution in [0.25, 0.3) is 0 Å². The van der Waals surface area contributed by atoms with E-state index in [2.05, 4.69) is 5.32 Å². The van der Waals surface area contributed by atoms with Crippen LogP contribution in [0.5, 0.6) is 0 Å². The van der Waals surface area contributed by atoms with Crippen LogP contribution in [-0.4, -0.2) is 34.3 Å². The topological polar surface area (TPSA) is 49.4 Å². The van der Waals surface area contributed by atoms with Gasteiger partial charge in [-0.2, -0.15) is 0 Å². The van der Waals surface area contributed by atoms with E-state index in [0.29, 0.717) is 5.92 Å². The number of nitrogens with one attached hydrogen (secondary N) is 1. The van der Waals surface area contributed by atoms with Crippen LogP contribution < -0.4 is 5.32 Å². The molecule has 0 aromatic carbocycles. The van der Waals surface area contributed by atoms with Crippen molar-refractivity contribution in [2.45, 2.75) is 58.0 Å². The largest absolute Gasteiger partial charge is 0.340 e. The van der Waals surface area contributed by atoms with Crippen molar-refractivity contribution in [1.82, 2.24) is 10.2 Å². The third-order valence-electron chi connectivity index (χ3n) is 4.38. The standard InChI is InChI=1S/C13H22N2O2/c1-5-12(2,3)15-8-10(16)14-13(4,11(15)17)9-6-7-9/h9H,5-8H2,1-4H3,(H,14,16). The third kappa shape index (κ3) is 1.94. The Hall–Kier alpha value is -1.06. The molecule has 0 radical (unpaired) electrons. The zero-order valence-corrected chi connectivity index (χ0v) is 11.2. The lowest BCUT2D eigenvalue weighted by Gasteiger charge is -2.47. The Bertz CT molecular complexity index is 360. The Morgan fingerprint density at radius 2 is 2.00 bits per heavy atom. The minimum Gasteiger partial charge on any atom is -0.340 e. The zero-order valence-electron chi connectivity index (χ0n) is 11.2. The summed E-state index contributed by atoms with van der Waals surface area (Å²) in [6.45, 7) is 8.17. The fraction of sp³-hybridized carbons (Fsp3) is 0.846. The maximum atomic E-state index is 12.6. The summed E-state index contributed by atoms with van der Waals surface area (Å²) in [6, 6.07) is 0. The van der Waals surface area contributed by atoms with Gasteiger partial charge in [0.25, 0.3) is 0 Å². The molecule has 1 saturated carbocycles. The Labute approximate surface area is 103 Å². The van der Waals surface area contributed by atoms with Crippen LogP contribution in [0.3, 0.4) is 0 Å². The lowest BCUT2D eigenvalue weighted by molar-refractivity contribution is -0.156. The average Bonchev–Trinajstić information content (AvgIpc) is 3.07. The van der Waals surface area contributed by atoms with E-state index in [-0.39, 0.29) is 23.9 Å². The van der Waals surface area contributed by atoms with Crippen molar-refractivity contribution in [2.75, 3.05) is 6.54 Å². The number of carbonyl (C=O) groups is 2. The highest BCUT2D eigenvalue weighted by Crippen LogP contribution is 2.42. The van der Waals surface area contributed by atoms with E-state index in [1.54, 1.807) is 4.90 Å². The van der Waals surface area contributed by atoms with Gasteiger partial charge in [0.15, 0.2) is 0 Å². The molecule has 4 nitrogen and oxygen atoms in total. The van der Waals surface area contributed by atoms with Gasteiger partial charge in [-0.3, -0.25) is 9.59 Å². The summed E-state index contributed by atoms with van der Waals surface area (Å²) in [5.74, 6) is 0.390. The third-order valence-corrected chi connectivity index (χ3v) is 4.38. The second-order valence-electron chi connectivity index (χ2n) is 6.08. The predicted octanol–water partition coefficient (Wildman–Crippen LogP) is 1.30. The molecule has 96 valence electrons. The van der Waals surface area contributed by atoms with Crippen LogP contribution >= 0.6 is 0 Å². The lowest BCUT2D eigenvalue weighted by atomic mass is 9.87. The minimum absolute atomic E-state index is 0.0273. The van der Waals surface area contributed by atoms with Crippen molar-refractivity contribution in [3.05, 3.63) is 0 Å². The molecule has 0 aromatic heterocycles. The summed E-state index contributed by atoms with van der Waals surface area (Å²) in [4.78, 5) is 26.2. The Morgan fingerprint density at radius 1 is 1.41 bits per heavy atom. The molecule has 1 saturated heterocycles. The molecule has 1 unspecified atom stereocenters. The molecule has 1 aliphatic heterocycles. The van der Waals surface area contributed by atoms with Gasteiger partial charge in [-0.15, -0.1) is 0 Å². The number of piperazine rings is 1. The van der Waals surface area contributed by atoms with Crippen molar-refractivity contribution in [3.8, 4) is 0 Å². The highest BCUT2D eigenvalue weighted by Gasteiger charge is 2.54.